The molecular weight excluding hydrogens is 350 g/mol. The van der Waals surface area contributed by atoms with E-state index in [1.165, 1.54) is 22.8 Å². The first-order valence-corrected chi connectivity index (χ1v) is 8.40. The van der Waals surface area contributed by atoms with Gasteiger partial charge in [0.1, 0.15) is 24.8 Å². The summed E-state index contributed by atoms with van der Waals surface area (Å²) in [6, 6.07) is 7.36. The maximum atomic E-state index is 12.5. The molecule has 0 saturated carbocycles. The predicted octanol–water partition coefficient (Wildman–Crippen LogP) is 2.33. The summed E-state index contributed by atoms with van der Waals surface area (Å²) < 4.78 is 2.90. The lowest BCUT2D eigenvalue weighted by Crippen LogP contribution is -2.26. The molecule has 0 aliphatic rings. The number of carbonyl (C=O) groups is 1. The molecule has 1 amide bonds. The highest BCUT2D eigenvalue weighted by atomic mass is 16.6. The van der Waals surface area contributed by atoms with Gasteiger partial charge in [0.15, 0.2) is 0 Å². The van der Waals surface area contributed by atoms with Gasteiger partial charge in [-0.2, -0.15) is 5.10 Å². The molecule has 0 radical (unpaired) electrons. The van der Waals surface area contributed by atoms with E-state index >= 15 is 0 Å². The van der Waals surface area contributed by atoms with E-state index < -0.39 is 11.0 Å². The van der Waals surface area contributed by atoms with Crippen LogP contribution >= 0.6 is 0 Å². The molecule has 0 saturated heterocycles. The van der Waals surface area contributed by atoms with Gasteiger partial charge in [0.25, 0.3) is 5.91 Å². The van der Waals surface area contributed by atoms with Crippen molar-refractivity contribution in [1.29, 1.82) is 0 Å². The smallest absolute Gasteiger partial charge is 0.291 e. The predicted molar refractivity (Wildman–Crippen MR) is 97.1 cm³/mol. The van der Waals surface area contributed by atoms with E-state index in [2.05, 4.69) is 20.5 Å². The number of hydrogen-bond donors (Lipinski definition) is 1. The normalized spacial score (nSPS) is 11.9. The fraction of sp³-hybridized carbons (Fsp3) is 0.294. The highest BCUT2D eigenvalue weighted by Crippen LogP contribution is 2.17. The molecule has 10 nitrogen and oxygen atoms in total. The molecule has 1 aromatic carbocycles. The zero-order valence-electron chi connectivity index (χ0n) is 14.9. The topological polar surface area (TPSA) is 121 Å². The van der Waals surface area contributed by atoms with Crippen LogP contribution in [0.5, 0.6) is 0 Å². The number of amides is 1. The molecular formula is C17H19N7O3. The summed E-state index contributed by atoms with van der Waals surface area (Å²) in [7, 11) is 0. The number of aryl methyl sites for hydroxylation is 1. The molecule has 3 rings (SSSR count). The van der Waals surface area contributed by atoms with Gasteiger partial charge in [-0.25, -0.2) is 9.67 Å². The molecule has 0 aliphatic carbocycles. The van der Waals surface area contributed by atoms with Crippen LogP contribution in [0.15, 0.2) is 43.0 Å². The monoisotopic (exact) mass is 369 g/mol. The van der Waals surface area contributed by atoms with Crippen molar-refractivity contribution in [3.05, 3.63) is 64.2 Å². The van der Waals surface area contributed by atoms with E-state index in [4.69, 9.17) is 0 Å². The first-order valence-electron chi connectivity index (χ1n) is 8.40. The average Bonchev–Trinajstić information content (AvgIpc) is 3.28. The first kappa shape index (κ1) is 18.2. The molecule has 0 bridgehead atoms. The highest BCUT2D eigenvalue weighted by molar-refractivity contribution is 5.92. The summed E-state index contributed by atoms with van der Waals surface area (Å²) in [6.07, 6.45) is 4.30. The summed E-state index contributed by atoms with van der Waals surface area (Å²) >= 11 is 0. The molecule has 3 aromatic rings. The van der Waals surface area contributed by atoms with Crippen LogP contribution in [0.25, 0.3) is 0 Å². The van der Waals surface area contributed by atoms with Crippen molar-refractivity contribution >= 4 is 17.5 Å². The fourth-order valence-electron chi connectivity index (χ4n) is 2.59. The molecule has 0 fully saturated rings. The lowest BCUT2D eigenvalue weighted by Gasteiger charge is -2.13. The van der Waals surface area contributed by atoms with E-state index in [1.54, 1.807) is 11.6 Å². The van der Waals surface area contributed by atoms with E-state index in [9.17, 15) is 14.9 Å². The third-order valence-corrected chi connectivity index (χ3v) is 4.04. The average molecular weight is 369 g/mol. The molecule has 1 N–H and O–H groups in total. The minimum atomic E-state index is -0.692. The van der Waals surface area contributed by atoms with Crippen LogP contribution in [0, 0.1) is 17.0 Å². The number of aromatic nitrogens is 5. The van der Waals surface area contributed by atoms with E-state index in [0.717, 1.165) is 11.8 Å². The number of nitrogens with zero attached hydrogens (tertiary/aromatic N) is 6. The van der Waals surface area contributed by atoms with Gasteiger partial charge in [-0.05, 0) is 18.9 Å². The fourth-order valence-corrected chi connectivity index (χ4v) is 2.59. The van der Waals surface area contributed by atoms with Crippen LogP contribution in [0.2, 0.25) is 0 Å². The zero-order chi connectivity index (χ0) is 19.4. The molecule has 0 spiro atoms. The molecule has 1 atom stereocenters. The molecule has 0 aliphatic heterocycles. The molecule has 10 heteroatoms. The van der Waals surface area contributed by atoms with E-state index in [0.29, 0.717) is 13.0 Å². The summed E-state index contributed by atoms with van der Waals surface area (Å²) in [4.78, 5) is 26.8. The summed E-state index contributed by atoms with van der Waals surface area (Å²) in [6.45, 7) is 4.35. The van der Waals surface area contributed by atoms with Crippen LogP contribution in [-0.4, -0.2) is 35.4 Å². The van der Waals surface area contributed by atoms with Crippen LogP contribution in [0.3, 0.4) is 0 Å². The third-order valence-electron chi connectivity index (χ3n) is 4.04. The van der Waals surface area contributed by atoms with Crippen molar-refractivity contribution < 1.29 is 9.72 Å². The van der Waals surface area contributed by atoms with Gasteiger partial charge in [-0.3, -0.25) is 24.9 Å². The quantitative estimate of drug-likeness (QED) is 0.504. The van der Waals surface area contributed by atoms with Crippen LogP contribution in [0.4, 0.5) is 11.6 Å². The van der Waals surface area contributed by atoms with Crippen molar-refractivity contribution in [2.24, 2.45) is 0 Å². The largest absolute Gasteiger partial charge is 0.307 e. The van der Waals surface area contributed by atoms with Gasteiger partial charge in [-0.1, -0.05) is 36.8 Å². The lowest BCUT2D eigenvalue weighted by molar-refractivity contribution is -0.385. The Kier molecular flexibility index (Phi) is 5.25. The SMILES string of the molecule is CCC(C(=O)Nc1ncn(Cc2ccc(C)cc2)n1)n1cc([N+](=O)[O-])cn1. The summed E-state index contributed by atoms with van der Waals surface area (Å²) in [5, 5.41) is 21.6. The van der Waals surface area contributed by atoms with E-state index in [-0.39, 0.29) is 17.5 Å². The van der Waals surface area contributed by atoms with Crippen molar-refractivity contribution in [2.75, 3.05) is 5.32 Å². The van der Waals surface area contributed by atoms with Gasteiger partial charge in [0.05, 0.1) is 11.5 Å². The zero-order valence-corrected chi connectivity index (χ0v) is 14.9. The molecule has 2 aromatic heterocycles. The minimum Gasteiger partial charge on any atom is -0.291 e. The van der Waals surface area contributed by atoms with E-state index in [1.807, 2.05) is 31.2 Å². The number of hydrogen-bond acceptors (Lipinski definition) is 6. The minimum absolute atomic E-state index is 0.165. The van der Waals surface area contributed by atoms with Gasteiger partial charge in [0, 0.05) is 0 Å². The second-order valence-corrected chi connectivity index (χ2v) is 6.10. The second kappa shape index (κ2) is 7.77. The van der Waals surface area contributed by atoms with Crippen LogP contribution < -0.4 is 5.32 Å². The number of carbonyl (C=O) groups excluding carboxylic acids is 1. The Morgan fingerprint density at radius 1 is 1.33 bits per heavy atom. The maximum Gasteiger partial charge on any atom is 0.307 e. The number of nitro groups is 1. The van der Waals surface area contributed by atoms with Gasteiger partial charge >= 0.3 is 5.69 Å². The molecule has 140 valence electrons. The van der Waals surface area contributed by atoms with Crippen molar-refractivity contribution in [3.63, 3.8) is 0 Å². The number of anilines is 1. The van der Waals surface area contributed by atoms with Crippen LogP contribution in [-0.2, 0) is 11.3 Å². The Balaban J connectivity index is 1.66. The number of rotatable bonds is 7. The number of benzene rings is 1. The summed E-state index contributed by atoms with van der Waals surface area (Å²) in [5.74, 6) is -0.212. The lowest BCUT2D eigenvalue weighted by atomic mass is 10.1. The Hall–Kier alpha value is -3.56. The maximum absolute atomic E-state index is 12.5. The molecule has 1 unspecified atom stereocenters. The molecule has 27 heavy (non-hydrogen) atoms. The standard InChI is InChI=1S/C17H19N7O3/c1-3-15(23-10-14(8-19-23)24(26)27)16(25)20-17-18-11-22(21-17)9-13-6-4-12(2)5-7-13/h4-8,10-11,15H,3,9H2,1-2H3,(H,20,21,25). The van der Waals surface area contributed by atoms with Gasteiger partial charge in [0.2, 0.25) is 5.95 Å². The number of nitrogens with one attached hydrogen (secondary N) is 1. The van der Waals surface area contributed by atoms with Gasteiger partial charge in [-0.15, -0.1) is 5.10 Å². The second-order valence-electron chi connectivity index (χ2n) is 6.10. The Labute approximate surface area is 155 Å². The Morgan fingerprint density at radius 3 is 2.70 bits per heavy atom. The van der Waals surface area contributed by atoms with Crippen molar-refractivity contribution in [3.8, 4) is 0 Å². The van der Waals surface area contributed by atoms with Crippen molar-refractivity contribution in [1.82, 2.24) is 24.5 Å². The van der Waals surface area contributed by atoms with Gasteiger partial charge < -0.3 is 0 Å². The van der Waals surface area contributed by atoms with Crippen molar-refractivity contribution in [2.45, 2.75) is 32.9 Å². The summed E-state index contributed by atoms with van der Waals surface area (Å²) in [5.41, 5.74) is 2.08. The molecule has 2 heterocycles. The Bertz CT molecular complexity index is 946. The first-order chi connectivity index (χ1) is 13.0. The third kappa shape index (κ3) is 4.35. The highest BCUT2D eigenvalue weighted by Gasteiger charge is 2.23. The Morgan fingerprint density at radius 2 is 2.07 bits per heavy atom. The van der Waals surface area contributed by atoms with Crippen LogP contribution in [0.1, 0.15) is 30.5 Å².